The molecule has 1 fully saturated rings. The standard InChI is InChI=1S/C11H22O/c1-3-4-10(5-6-12)11-7-9(2)8-11/h9-12H,3-8H2,1-2H3. The first-order valence-corrected chi connectivity index (χ1v) is 5.38. The van der Waals surface area contributed by atoms with Crippen LogP contribution in [0.1, 0.15) is 46.0 Å². The molecule has 1 saturated carbocycles. The third-order valence-corrected chi connectivity index (χ3v) is 3.24. The maximum absolute atomic E-state index is 8.90. The highest BCUT2D eigenvalue weighted by Crippen LogP contribution is 2.41. The van der Waals surface area contributed by atoms with Crippen molar-refractivity contribution in [2.75, 3.05) is 6.61 Å². The van der Waals surface area contributed by atoms with Crippen LogP contribution in [-0.2, 0) is 0 Å². The molecule has 0 amide bonds. The van der Waals surface area contributed by atoms with Crippen LogP contribution >= 0.6 is 0 Å². The van der Waals surface area contributed by atoms with Crippen LogP contribution in [0.4, 0.5) is 0 Å². The van der Waals surface area contributed by atoms with Gasteiger partial charge in [0.05, 0.1) is 0 Å². The summed E-state index contributed by atoms with van der Waals surface area (Å²) in [5.41, 5.74) is 0. The van der Waals surface area contributed by atoms with Crippen LogP contribution in [0, 0.1) is 17.8 Å². The minimum Gasteiger partial charge on any atom is -0.396 e. The molecule has 1 heteroatoms. The summed E-state index contributed by atoms with van der Waals surface area (Å²) in [4.78, 5) is 0. The molecule has 1 nitrogen and oxygen atoms in total. The number of aliphatic hydroxyl groups is 1. The molecule has 1 N–H and O–H groups in total. The number of hydrogen-bond donors (Lipinski definition) is 1. The molecule has 72 valence electrons. The molecule has 0 radical (unpaired) electrons. The van der Waals surface area contributed by atoms with E-state index in [1.165, 1.54) is 25.7 Å². The fourth-order valence-electron chi connectivity index (χ4n) is 2.50. The average Bonchev–Trinajstić information content (AvgIpc) is 1.99. The van der Waals surface area contributed by atoms with Crippen LogP contribution in [0.25, 0.3) is 0 Å². The Morgan fingerprint density at radius 2 is 2.00 bits per heavy atom. The van der Waals surface area contributed by atoms with E-state index in [4.69, 9.17) is 5.11 Å². The van der Waals surface area contributed by atoms with Gasteiger partial charge >= 0.3 is 0 Å². The zero-order chi connectivity index (χ0) is 8.97. The maximum Gasteiger partial charge on any atom is 0.0433 e. The van der Waals surface area contributed by atoms with Gasteiger partial charge in [0.25, 0.3) is 0 Å². The third kappa shape index (κ3) is 2.48. The highest BCUT2D eigenvalue weighted by Gasteiger charge is 2.31. The molecule has 0 aromatic carbocycles. The lowest BCUT2D eigenvalue weighted by atomic mass is 9.67. The third-order valence-electron chi connectivity index (χ3n) is 3.24. The van der Waals surface area contributed by atoms with E-state index in [1.54, 1.807) is 0 Å². The zero-order valence-corrected chi connectivity index (χ0v) is 8.42. The molecule has 0 saturated heterocycles. The van der Waals surface area contributed by atoms with Crippen molar-refractivity contribution in [1.82, 2.24) is 0 Å². The normalized spacial score (nSPS) is 31.2. The maximum atomic E-state index is 8.90. The highest BCUT2D eigenvalue weighted by molar-refractivity contribution is 4.81. The highest BCUT2D eigenvalue weighted by atomic mass is 16.3. The molecule has 0 aromatic rings. The Morgan fingerprint density at radius 3 is 2.42 bits per heavy atom. The summed E-state index contributed by atoms with van der Waals surface area (Å²) in [6, 6.07) is 0. The van der Waals surface area contributed by atoms with E-state index in [2.05, 4.69) is 13.8 Å². The number of aliphatic hydroxyl groups excluding tert-OH is 1. The van der Waals surface area contributed by atoms with Crippen LogP contribution in [0.15, 0.2) is 0 Å². The van der Waals surface area contributed by atoms with E-state index in [9.17, 15) is 0 Å². The smallest absolute Gasteiger partial charge is 0.0433 e. The predicted molar refractivity (Wildman–Crippen MR) is 52.0 cm³/mol. The molecule has 1 aliphatic rings. The Balaban J connectivity index is 2.22. The van der Waals surface area contributed by atoms with Crippen molar-refractivity contribution in [1.29, 1.82) is 0 Å². The Hall–Kier alpha value is -0.0400. The van der Waals surface area contributed by atoms with Gasteiger partial charge in [-0.3, -0.25) is 0 Å². The SMILES string of the molecule is CCCC(CCO)C1CC(C)C1. The minimum atomic E-state index is 0.384. The second kappa shape index (κ2) is 4.86. The lowest BCUT2D eigenvalue weighted by molar-refractivity contribution is 0.106. The van der Waals surface area contributed by atoms with Crippen molar-refractivity contribution in [2.24, 2.45) is 17.8 Å². The quantitative estimate of drug-likeness (QED) is 0.672. The van der Waals surface area contributed by atoms with Crippen LogP contribution < -0.4 is 0 Å². The Kier molecular flexibility index (Phi) is 4.07. The lowest BCUT2D eigenvalue weighted by Crippen LogP contribution is -2.29. The van der Waals surface area contributed by atoms with E-state index in [0.29, 0.717) is 6.61 Å². The first-order valence-electron chi connectivity index (χ1n) is 5.38. The second-order valence-corrected chi connectivity index (χ2v) is 4.40. The first kappa shape index (κ1) is 10.0. The fraction of sp³-hybridized carbons (Fsp3) is 1.00. The van der Waals surface area contributed by atoms with Crippen molar-refractivity contribution in [3.63, 3.8) is 0 Å². The van der Waals surface area contributed by atoms with Gasteiger partial charge in [0.15, 0.2) is 0 Å². The summed E-state index contributed by atoms with van der Waals surface area (Å²) < 4.78 is 0. The van der Waals surface area contributed by atoms with Gasteiger partial charge in [0, 0.05) is 6.61 Å². The molecule has 0 heterocycles. The van der Waals surface area contributed by atoms with Crippen molar-refractivity contribution in [3.05, 3.63) is 0 Å². The molecule has 0 spiro atoms. The van der Waals surface area contributed by atoms with Crippen molar-refractivity contribution in [3.8, 4) is 0 Å². The van der Waals surface area contributed by atoms with Gasteiger partial charge in [-0.2, -0.15) is 0 Å². The molecule has 1 atom stereocenters. The molecular formula is C11H22O. The molecule has 1 aliphatic carbocycles. The molecule has 12 heavy (non-hydrogen) atoms. The van der Waals surface area contributed by atoms with Gasteiger partial charge in [-0.25, -0.2) is 0 Å². The van der Waals surface area contributed by atoms with Crippen molar-refractivity contribution in [2.45, 2.75) is 46.0 Å². The molecule has 0 aliphatic heterocycles. The van der Waals surface area contributed by atoms with Gasteiger partial charge in [-0.1, -0.05) is 26.7 Å². The van der Waals surface area contributed by atoms with Crippen molar-refractivity contribution >= 4 is 0 Å². The Labute approximate surface area is 76.2 Å². The summed E-state index contributed by atoms with van der Waals surface area (Å²) in [6.07, 6.45) is 6.44. The van der Waals surface area contributed by atoms with Crippen molar-refractivity contribution < 1.29 is 5.11 Å². The van der Waals surface area contributed by atoms with E-state index < -0.39 is 0 Å². The van der Waals surface area contributed by atoms with E-state index in [-0.39, 0.29) is 0 Å². The van der Waals surface area contributed by atoms with Gasteiger partial charge in [-0.15, -0.1) is 0 Å². The van der Waals surface area contributed by atoms with Gasteiger partial charge < -0.3 is 5.11 Å². The summed E-state index contributed by atoms with van der Waals surface area (Å²) in [7, 11) is 0. The Morgan fingerprint density at radius 1 is 1.33 bits per heavy atom. The monoisotopic (exact) mass is 170 g/mol. The Bertz CT molecular complexity index is 110. The predicted octanol–water partition coefficient (Wildman–Crippen LogP) is 2.83. The first-order chi connectivity index (χ1) is 5.77. The number of hydrogen-bond acceptors (Lipinski definition) is 1. The molecule has 1 rings (SSSR count). The minimum absolute atomic E-state index is 0.384. The van der Waals surface area contributed by atoms with Crippen LogP contribution in [0.2, 0.25) is 0 Å². The van der Waals surface area contributed by atoms with Gasteiger partial charge in [-0.05, 0) is 37.0 Å². The van der Waals surface area contributed by atoms with Gasteiger partial charge in [0.1, 0.15) is 0 Å². The fourth-order valence-corrected chi connectivity index (χ4v) is 2.50. The molecule has 0 aromatic heterocycles. The summed E-state index contributed by atoms with van der Waals surface area (Å²) in [5, 5.41) is 8.90. The zero-order valence-electron chi connectivity index (χ0n) is 8.42. The van der Waals surface area contributed by atoms with Gasteiger partial charge in [0.2, 0.25) is 0 Å². The second-order valence-electron chi connectivity index (χ2n) is 4.40. The molecular weight excluding hydrogens is 148 g/mol. The van der Waals surface area contributed by atoms with E-state index in [1.807, 2.05) is 0 Å². The largest absolute Gasteiger partial charge is 0.396 e. The van der Waals surface area contributed by atoms with E-state index >= 15 is 0 Å². The van der Waals surface area contributed by atoms with Crippen LogP contribution in [0.5, 0.6) is 0 Å². The van der Waals surface area contributed by atoms with Crippen LogP contribution in [-0.4, -0.2) is 11.7 Å². The summed E-state index contributed by atoms with van der Waals surface area (Å²) in [5.74, 6) is 2.70. The molecule has 1 unspecified atom stereocenters. The summed E-state index contributed by atoms with van der Waals surface area (Å²) >= 11 is 0. The lowest BCUT2D eigenvalue weighted by Gasteiger charge is -2.38. The topological polar surface area (TPSA) is 20.2 Å². The van der Waals surface area contributed by atoms with E-state index in [0.717, 1.165) is 24.2 Å². The average molecular weight is 170 g/mol. The summed E-state index contributed by atoms with van der Waals surface area (Å²) in [6.45, 7) is 4.96. The van der Waals surface area contributed by atoms with Crippen LogP contribution in [0.3, 0.4) is 0 Å². The number of rotatable bonds is 5. The molecule has 0 bridgehead atoms.